The molecular formula is C18H26N2O5S. The van der Waals surface area contributed by atoms with E-state index in [0.29, 0.717) is 30.2 Å². The Kier molecular flexibility index (Phi) is 10.4. The maximum absolute atomic E-state index is 12.4. The smallest absolute Gasteiger partial charge is 0.340 e. The minimum atomic E-state index is -0.885. The van der Waals surface area contributed by atoms with Crippen molar-refractivity contribution in [2.75, 3.05) is 32.6 Å². The Morgan fingerprint density at radius 3 is 2.58 bits per heavy atom. The number of ether oxygens (including phenoxy) is 2. The molecule has 0 radical (unpaired) electrons. The van der Waals surface area contributed by atoms with Gasteiger partial charge in [-0.25, -0.2) is 4.79 Å². The zero-order valence-electron chi connectivity index (χ0n) is 15.4. The topological polar surface area (TPSA) is 93.7 Å². The van der Waals surface area contributed by atoms with Gasteiger partial charge in [-0.15, -0.1) is 11.8 Å². The van der Waals surface area contributed by atoms with E-state index in [9.17, 15) is 14.4 Å². The van der Waals surface area contributed by atoms with Crippen molar-refractivity contribution in [3.05, 3.63) is 29.8 Å². The Hall–Kier alpha value is -2.06. The first-order valence-electron chi connectivity index (χ1n) is 8.45. The SMILES string of the molecule is CCCNC(=O)C(C)OC(=O)c1ccccc1SCC(=O)NCCOC. The van der Waals surface area contributed by atoms with Gasteiger partial charge in [0.15, 0.2) is 6.10 Å². The third-order valence-corrected chi connectivity index (χ3v) is 4.37. The third kappa shape index (κ3) is 7.88. The molecule has 0 spiro atoms. The minimum Gasteiger partial charge on any atom is -0.449 e. The number of benzene rings is 1. The zero-order valence-corrected chi connectivity index (χ0v) is 16.2. The van der Waals surface area contributed by atoms with Crippen LogP contribution >= 0.6 is 11.8 Å². The van der Waals surface area contributed by atoms with Crippen molar-refractivity contribution in [3.8, 4) is 0 Å². The number of hydrogen-bond donors (Lipinski definition) is 2. The molecule has 1 aromatic carbocycles. The van der Waals surface area contributed by atoms with Gasteiger partial charge in [0.05, 0.1) is 17.9 Å². The van der Waals surface area contributed by atoms with Crippen LogP contribution in [0.25, 0.3) is 0 Å². The summed E-state index contributed by atoms with van der Waals surface area (Å²) >= 11 is 1.24. The molecule has 26 heavy (non-hydrogen) atoms. The van der Waals surface area contributed by atoms with Gasteiger partial charge in [-0.05, 0) is 25.5 Å². The molecule has 2 amide bonds. The molecule has 0 saturated heterocycles. The highest BCUT2D eigenvalue weighted by Crippen LogP contribution is 2.23. The summed E-state index contributed by atoms with van der Waals surface area (Å²) < 4.78 is 10.1. The molecule has 0 heterocycles. The van der Waals surface area contributed by atoms with Crippen molar-refractivity contribution in [3.63, 3.8) is 0 Å². The van der Waals surface area contributed by atoms with E-state index in [1.165, 1.54) is 18.7 Å². The first kappa shape index (κ1) is 22.0. The Labute approximate surface area is 158 Å². The second-order valence-electron chi connectivity index (χ2n) is 5.47. The van der Waals surface area contributed by atoms with Crippen LogP contribution in [0, 0.1) is 0 Å². The molecule has 0 fully saturated rings. The van der Waals surface area contributed by atoms with Gasteiger partial charge in [0, 0.05) is 25.1 Å². The van der Waals surface area contributed by atoms with Gasteiger partial charge in [0.25, 0.3) is 5.91 Å². The van der Waals surface area contributed by atoms with E-state index >= 15 is 0 Å². The second kappa shape index (κ2) is 12.3. The van der Waals surface area contributed by atoms with E-state index in [0.717, 1.165) is 6.42 Å². The Morgan fingerprint density at radius 1 is 1.15 bits per heavy atom. The van der Waals surface area contributed by atoms with Crippen LogP contribution in [0.4, 0.5) is 0 Å². The molecule has 0 aromatic heterocycles. The number of esters is 1. The molecule has 1 unspecified atom stereocenters. The lowest BCUT2D eigenvalue weighted by Crippen LogP contribution is -2.36. The average Bonchev–Trinajstić information content (AvgIpc) is 2.64. The van der Waals surface area contributed by atoms with Crippen molar-refractivity contribution in [2.24, 2.45) is 0 Å². The number of hydrogen-bond acceptors (Lipinski definition) is 6. The van der Waals surface area contributed by atoms with Crippen LogP contribution in [0.5, 0.6) is 0 Å². The van der Waals surface area contributed by atoms with Crippen LogP contribution in [0.1, 0.15) is 30.6 Å². The van der Waals surface area contributed by atoms with Crippen LogP contribution in [0.15, 0.2) is 29.2 Å². The van der Waals surface area contributed by atoms with Crippen molar-refractivity contribution in [1.82, 2.24) is 10.6 Å². The van der Waals surface area contributed by atoms with E-state index in [4.69, 9.17) is 9.47 Å². The summed E-state index contributed by atoms with van der Waals surface area (Å²) in [5.41, 5.74) is 0.331. The molecule has 0 aliphatic rings. The third-order valence-electron chi connectivity index (χ3n) is 3.30. The van der Waals surface area contributed by atoms with Crippen molar-refractivity contribution >= 4 is 29.5 Å². The maximum Gasteiger partial charge on any atom is 0.340 e. The number of carbonyl (C=O) groups excluding carboxylic acids is 3. The monoisotopic (exact) mass is 382 g/mol. The highest BCUT2D eigenvalue weighted by atomic mass is 32.2. The van der Waals surface area contributed by atoms with Crippen LogP contribution in [0.3, 0.4) is 0 Å². The summed E-state index contributed by atoms with van der Waals surface area (Å²) in [6.45, 7) is 4.88. The van der Waals surface area contributed by atoms with E-state index in [-0.39, 0.29) is 17.6 Å². The van der Waals surface area contributed by atoms with E-state index < -0.39 is 12.1 Å². The summed E-state index contributed by atoms with van der Waals surface area (Å²) in [5, 5.41) is 5.40. The summed E-state index contributed by atoms with van der Waals surface area (Å²) in [7, 11) is 1.56. The van der Waals surface area contributed by atoms with Crippen molar-refractivity contribution in [1.29, 1.82) is 0 Å². The van der Waals surface area contributed by atoms with Gasteiger partial charge in [0.1, 0.15) is 0 Å². The lowest BCUT2D eigenvalue weighted by Gasteiger charge is -2.14. The normalized spacial score (nSPS) is 11.5. The number of methoxy groups -OCH3 is 1. The lowest BCUT2D eigenvalue weighted by atomic mass is 10.2. The zero-order chi connectivity index (χ0) is 19.4. The molecule has 0 bridgehead atoms. The predicted octanol–water partition coefficient (Wildman–Crippen LogP) is 1.61. The maximum atomic E-state index is 12.4. The molecule has 0 aliphatic carbocycles. The van der Waals surface area contributed by atoms with Gasteiger partial charge in [-0.3, -0.25) is 9.59 Å². The van der Waals surface area contributed by atoms with Crippen LogP contribution in [0.2, 0.25) is 0 Å². The van der Waals surface area contributed by atoms with Crippen LogP contribution in [-0.2, 0) is 19.1 Å². The van der Waals surface area contributed by atoms with Crippen LogP contribution < -0.4 is 10.6 Å². The van der Waals surface area contributed by atoms with E-state index in [2.05, 4.69) is 10.6 Å². The highest BCUT2D eigenvalue weighted by Gasteiger charge is 2.20. The first-order valence-corrected chi connectivity index (χ1v) is 9.44. The van der Waals surface area contributed by atoms with Crippen LogP contribution in [-0.4, -0.2) is 56.4 Å². The lowest BCUT2D eigenvalue weighted by molar-refractivity contribution is -0.129. The van der Waals surface area contributed by atoms with Gasteiger partial charge < -0.3 is 20.1 Å². The molecule has 1 atom stereocenters. The fourth-order valence-electron chi connectivity index (χ4n) is 1.92. The molecule has 0 saturated carbocycles. The number of nitrogens with one attached hydrogen (secondary N) is 2. The molecule has 2 N–H and O–H groups in total. The minimum absolute atomic E-state index is 0.150. The van der Waals surface area contributed by atoms with Gasteiger partial charge in [0.2, 0.25) is 5.91 Å². The number of thioether (sulfide) groups is 1. The fraction of sp³-hybridized carbons (Fsp3) is 0.500. The molecule has 7 nitrogen and oxygen atoms in total. The van der Waals surface area contributed by atoms with Gasteiger partial charge in [-0.1, -0.05) is 19.1 Å². The first-order chi connectivity index (χ1) is 12.5. The summed E-state index contributed by atoms with van der Waals surface area (Å²) in [6, 6.07) is 6.84. The molecule has 1 aromatic rings. The Bertz CT molecular complexity index is 609. The second-order valence-corrected chi connectivity index (χ2v) is 6.48. The largest absolute Gasteiger partial charge is 0.449 e. The molecular weight excluding hydrogens is 356 g/mol. The van der Waals surface area contributed by atoms with Crippen molar-refractivity contribution < 1.29 is 23.9 Å². The number of rotatable bonds is 11. The average molecular weight is 382 g/mol. The predicted molar refractivity (Wildman–Crippen MR) is 100 cm³/mol. The standard InChI is InChI=1S/C18H26N2O5S/c1-4-9-20-17(22)13(2)25-18(23)14-7-5-6-8-15(14)26-12-16(21)19-10-11-24-3/h5-8,13H,4,9-12H2,1-3H3,(H,19,21)(H,20,22). The summed E-state index contributed by atoms with van der Waals surface area (Å²) in [4.78, 5) is 36.6. The van der Waals surface area contributed by atoms with Gasteiger partial charge >= 0.3 is 5.97 Å². The van der Waals surface area contributed by atoms with Crippen molar-refractivity contribution in [2.45, 2.75) is 31.3 Å². The van der Waals surface area contributed by atoms with E-state index in [1.807, 2.05) is 6.92 Å². The quantitative estimate of drug-likeness (QED) is 0.343. The van der Waals surface area contributed by atoms with Gasteiger partial charge in [-0.2, -0.15) is 0 Å². The number of amides is 2. The molecule has 144 valence electrons. The molecule has 0 aliphatic heterocycles. The molecule has 1 rings (SSSR count). The summed E-state index contributed by atoms with van der Waals surface area (Å²) in [5.74, 6) is -0.905. The van der Waals surface area contributed by atoms with E-state index in [1.54, 1.807) is 31.4 Å². The summed E-state index contributed by atoms with van der Waals surface area (Å²) in [6.07, 6.45) is -0.0809. The Balaban J connectivity index is 2.62. The fourth-order valence-corrected chi connectivity index (χ4v) is 2.79. The Morgan fingerprint density at radius 2 is 1.88 bits per heavy atom. The highest BCUT2D eigenvalue weighted by molar-refractivity contribution is 8.00. The number of carbonyl (C=O) groups is 3. The molecule has 8 heteroatoms.